The Morgan fingerprint density at radius 1 is 0.422 bits per heavy atom. The van der Waals surface area contributed by atoms with Gasteiger partial charge in [-0.1, -0.05) is 131 Å². The van der Waals surface area contributed by atoms with Gasteiger partial charge in [0.25, 0.3) is 6.71 Å². The van der Waals surface area contributed by atoms with Crippen molar-refractivity contribution in [2.24, 2.45) is 0 Å². The SMILES string of the molecule is CC1(C)c2ccccc2N2c3cc(-c4ccccc4)cc4c3B(c3cccc1c32)c1cccc2c1N4c1ccccc1C2(C)C. The monoisotopic (exact) mass is 576 g/mol. The fourth-order valence-electron chi connectivity index (χ4n) is 9.09. The van der Waals surface area contributed by atoms with Crippen LogP contribution in [0.15, 0.2) is 127 Å². The van der Waals surface area contributed by atoms with Gasteiger partial charge in [-0.25, -0.2) is 0 Å². The van der Waals surface area contributed by atoms with Gasteiger partial charge in [0.1, 0.15) is 0 Å². The Labute approximate surface area is 265 Å². The van der Waals surface area contributed by atoms with Gasteiger partial charge < -0.3 is 9.80 Å². The van der Waals surface area contributed by atoms with Crippen molar-refractivity contribution < 1.29 is 0 Å². The fraction of sp³-hybridized carbons (Fsp3) is 0.143. The molecule has 0 saturated heterocycles. The van der Waals surface area contributed by atoms with E-state index in [0.717, 1.165) is 0 Å². The van der Waals surface area contributed by atoms with Crippen LogP contribution >= 0.6 is 0 Å². The maximum atomic E-state index is 2.60. The van der Waals surface area contributed by atoms with E-state index in [9.17, 15) is 0 Å². The highest BCUT2D eigenvalue weighted by Crippen LogP contribution is 2.57. The number of hydrogen-bond acceptors (Lipinski definition) is 2. The highest BCUT2D eigenvalue weighted by molar-refractivity contribution is 7.00. The molecular weight excluding hydrogens is 543 g/mol. The zero-order valence-electron chi connectivity index (χ0n) is 26.1. The van der Waals surface area contributed by atoms with Crippen LogP contribution in [0.4, 0.5) is 34.1 Å². The summed E-state index contributed by atoms with van der Waals surface area (Å²) in [4.78, 5) is 5.20. The lowest BCUT2D eigenvalue weighted by atomic mass is 9.32. The molecule has 4 aliphatic rings. The molecule has 0 spiro atoms. The molecule has 0 aliphatic carbocycles. The third kappa shape index (κ3) is 3.02. The topological polar surface area (TPSA) is 6.48 Å². The van der Waals surface area contributed by atoms with Gasteiger partial charge in [0.05, 0.1) is 11.4 Å². The van der Waals surface area contributed by atoms with Crippen molar-refractivity contribution in [3.05, 3.63) is 150 Å². The summed E-state index contributed by atoms with van der Waals surface area (Å²) in [6.45, 7) is 9.72. The van der Waals surface area contributed by atoms with Crippen LogP contribution in [0.2, 0.25) is 0 Å². The van der Waals surface area contributed by atoms with Gasteiger partial charge in [-0.3, -0.25) is 0 Å². The van der Waals surface area contributed by atoms with Gasteiger partial charge in [-0.15, -0.1) is 0 Å². The predicted molar refractivity (Wildman–Crippen MR) is 190 cm³/mol. The molecule has 214 valence electrons. The van der Waals surface area contributed by atoms with Gasteiger partial charge in [-0.2, -0.15) is 0 Å². The first kappa shape index (κ1) is 25.3. The van der Waals surface area contributed by atoms with Gasteiger partial charge in [-0.05, 0) is 74.0 Å². The number of hydrogen-bond donors (Lipinski definition) is 0. The smallest absolute Gasteiger partial charge is 0.252 e. The van der Waals surface area contributed by atoms with Crippen molar-refractivity contribution in [3.8, 4) is 11.1 Å². The van der Waals surface area contributed by atoms with Gasteiger partial charge in [0.2, 0.25) is 0 Å². The molecule has 0 unspecified atom stereocenters. The second kappa shape index (κ2) is 8.37. The lowest BCUT2D eigenvalue weighted by Crippen LogP contribution is -2.63. The van der Waals surface area contributed by atoms with Crippen LogP contribution in [0.5, 0.6) is 0 Å². The minimum atomic E-state index is -0.118. The van der Waals surface area contributed by atoms with Crippen LogP contribution in [0.3, 0.4) is 0 Å². The fourth-order valence-corrected chi connectivity index (χ4v) is 9.09. The summed E-state index contributed by atoms with van der Waals surface area (Å²) in [6.07, 6.45) is 0. The summed E-state index contributed by atoms with van der Waals surface area (Å²) >= 11 is 0. The van der Waals surface area contributed by atoms with Gasteiger partial charge >= 0.3 is 0 Å². The van der Waals surface area contributed by atoms with Crippen LogP contribution in [-0.2, 0) is 10.8 Å². The van der Waals surface area contributed by atoms with Crippen molar-refractivity contribution in [1.29, 1.82) is 0 Å². The Bertz CT molecular complexity index is 2110. The van der Waals surface area contributed by atoms with E-state index in [0.29, 0.717) is 0 Å². The molecule has 3 heteroatoms. The van der Waals surface area contributed by atoms with E-state index in [1.54, 1.807) is 0 Å². The molecule has 6 aromatic carbocycles. The van der Waals surface area contributed by atoms with E-state index in [2.05, 4.69) is 165 Å². The van der Waals surface area contributed by atoms with Crippen molar-refractivity contribution in [2.75, 3.05) is 9.80 Å². The largest absolute Gasteiger partial charge is 0.311 e. The van der Waals surface area contributed by atoms with Crippen LogP contribution in [0.25, 0.3) is 11.1 Å². The third-order valence-corrected chi connectivity index (χ3v) is 11.2. The molecule has 0 aromatic heterocycles. The molecular formula is C42H33BN2. The van der Waals surface area contributed by atoms with Crippen molar-refractivity contribution in [3.63, 3.8) is 0 Å². The molecule has 4 heterocycles. The predicted octanol–water partition coefficient (Wildman–Crippen LogP) is 8.71. The zero-order valence-corrected chi connectivity index (χ0v) is 26.1. The Hall–Kier alpha value is -5.02. The Kier molecular flexibility index (Phi) is 4.71. The minimum Gasteiger partial charge on any atom is -0.311 e. The number of para-hydroxylation sites is 4. The van der Waals surface area contributed by atoms with E-state index in [1.807, 2.05) is 0 Å². The quantitative estimate of drug-likeness (QED) is 0.180. The maximum Gasteiger partial charge on any atom is 0.252 e. The van der Waals surface area contributed by atoms with E-state index in [4.69, 9.17) is 0 Å². The highest BCUT2D eigenvalue weighted by atomic mass is 15.2. The van der Waals surface area contributed by atoms with E-state index in [-0.39, 0.29) is 17.5 Å². The molecule has 45 heavy (non-hydrogen) atoms. The summed E-state index contributed by atoms with van der Waals surface area (Å²) < 4.78 is 0. The molecule has 6 aromatic rings. The number of rotatable bonds is 1. The number of fused-ring (bicyclic) bond motifs is 8. The molecule has 0 atom stereocenters. The first-order valence-corrected chi connectivity index (χ1v) is 16.2. The first-order chi connectivity index (χ1) is 21.9. The van der Waals surface area contributed by atoms with Crippen molar-refractivity contribution in [2.45, 2.75) is 38.5 Å². The summed E-state index contributed by atoms with van der Waals surface area (Å²) in [5.74, 6) is 0. The molecule has 0 radical (unpaired) electrons. The van der Waals surface area contributed by atoms with E-state index >= 15 is 0 Å². The minimum absolute atomic E-state index is 0.118. The van der Waals surface area contributed by atoms with Crippen molar-refractivity contribution in [1.82, 2.24) is 0 Å². The Balaban J connectivity index is 1.40. The van der Waals surface area contributed by atoms with Gasteiger partial charge in [0, 0.05) is 33.6 Å². The highest BCUT2D eigenvalue weighted by Gasteiger charge is 2.50. The summed E-state index contributed by atoms with van der Waals surface area (Å²) in [7, 11) is 0. The second-order valence-corrected chi connectivity index (χ2v) is 14.2. The summed E-state index contributed by atoms with van der Waals surface area (Å²) in [5.41, 5.74) is 19.9. The van der Waals surface area contributed by atoms with Crippen LogP contribution in [-0.4, -0.2) is 6.71 Å². The molecule has 0 saturated carbocycles. The lowest BCUT2D eigenvalue weighted by molar-refractivity contribution is 0.632. The molecule has 4 aliphatic heterocycles. The maximum absolute atomic E-state index is 2.60. The average Bonchev–Trinajstić information content (AvgIpc) is 3.07. The number of nitrogens with zero attached hydrogens (tertiary/aromatic N) is 2. The lowest BCUT2D eigenvalue weighted by Gasteiger charge is -2.52. The Morgan fingerprint density at radius 3 is 1.38 bits per heavy atom. The normalized spacial score (nSPS) is 16.7. The van der Waals surface area contributed by atoms with Crippen LogP contribution < -0.4 is 26.2 Å². The average molecular weight is 577 g/mol. The molecule has 10 rings (SSSR count). The third-order valence-electron chi connectivity index (χ3n) is 11.2. The number of anilines is 6. The molecule has 0 amide bonds. The number of benzene rings is 6. The standard InChI is InChI=1S/C42H33BN2/c1-41(2)28-16-8-10-22-34(28)44-36-24-27(26-14-6-5-7-15-26)25-37-38(36)43(32-20-12-18-30(41)39(32)44)33-21-13-19-31-40(33)45(37)35-23-11-9-17-29(35)42(31,3)4/h5-25H,1-4H3. The molecule has 0 N–H and O–H groups in total. The van der Waals surface area contributed by atoms with Crippen molar-refractivity contribution >= 4 is 57.2 Å². The zero-order chi connectivity index (χ0) is 30.2. The van der Waals surface area contributed by atoms with E-state index in [1.165, 1.54) is 83.9 Å². The van der Waals surface area contributed by atoms with Crippen LogP contribution in [0, 0.1) is 0 Å². The Morgan fingerprint density at radius 2 is 0.867 bits per heavy atom. The van der Waals surface area contributed by atoms with E-state index < -0.39 is 0 Å². The molecule has 2 nitrogen and oxygen atoms in total. The summed E-state index contributed by atoms with van der Waals surface area (Å²) in [6, 6.07) is 48.1. The molecule has 0 bridgehead atoms. The van der Waals surface area contributed by atoms with Gasteiger partial charge in [0.15, 0.2) is 0 Å². The first-order valence-electron chi connectivity index (χ1n) is 16.2. The summed E-state index contributed by atoms with van der Waals surface area (Å²) in [5, 5.41) is 0. The molecule has 0 fully saturated rings. The second-order valence-electron chi connectivity index (χ2n) is 14.2. The van der Waals surface area contributed by atoms with Crippen LogP contribution in [0.1, 0.15) is 49.9 Å².